The summed E-state index contributed by atoms with van der Waals surface area (Å²) in [4.78, 5) is 2.17. The molecule has 1 aliphatic heterocycles. The van der Waals surface area contributed by atoms with Crippen LogP contribution >= 0.6 is 0 Å². The minimum absolute atomic E-state index is 0.167. The van der Waals surface area contributed by atoms with Gasteiger partial charge in [0.15, 0.2) is 0 Å². The minimum atomic E-state index is -0.777. The van der Waals surface area contributed by atoms with Gasteiger partial charge in [0.2, 0.25) is 0 Å². The van der Waals surface area contributed by atoms with Crippen molar-refractivity contribution in [2.45, 2.75) is 45.6 Å². The number of hydrogen-bond acceptors (Lipinski definition) is 6. The lowest BCUT2D eigenvalue weighted by molar-refractivity contribution is 0.228. The van der Waals surface area contributed by atoms with Crippen LogP contribution in [0.4, 0.5) is 4.39 Å². The predicted octanol–water partition coefficient (Wildman–Crippen LogP) is 1.12. The van der Waals surface area contributed by atoms with Crippen LogP contribution in [-0.2, 0) is 20.1 Å². The molecule has 8 heteroatoms. The van der Waals surface area contributed by atoms with E-state index in [2.05, 4.69) is 25.7 Å². The molecular formula is C15H23FN6O. The van der Waals surface area contributed by atoms with Crippen molar-refractivity contribution >= 4 is 0 Å². The molecule has 0 aliphatic carbocycles. The quantitative estimate of drug-likeness (QED) is 0.859. The maximum Gasteiger partial charge on any atom is 0.138 e. The van der Waals surface area contributed by atoms with Gasteiger partial charge in [-0.25, -0.2) is 4.39 Å². The third kappa shape index (κ3) is 3.59. The molecule has 3 rings (SSSR count). The maximum absolute atomic E-state index is 13.9. The maximum atomic E-state index is 13.9. The van der Waals surface area contributed by atoms with E-state index in [0.29, 0.717) is 26.1 Å². The first-order chi connectivity index (χ1) is 11.0. The van der Waals surface area contributed by atoms with E-state index in [1.807, 2.05) is 20.9 Å². The summed E-state index contributed by atoms with van der Waals surface area (Å²) in [5.74, 6) is 0.817. The van der Waals surface area contributed by atoms with Gasteiger partial charge in [-0.1, -0.05) is 10.4 Å². The van der Waals surface area contributed by atoms with Gasteiger partial charge in [0.25, 0.3) is 0 Å². The molecule has 0 bridgehead atoms. The topological polar surface area (TPSA) is 72.0 Å². The summed E-state index contributed by atoms with van der Waals surface area (Å²) >= 11 is 0. The zero-order valence-corrected chi connectivity index (χ0v) is 13.8. The van der Waals surface area contributed by atoms with E-state index in [4.69, 9.17) is 4.52 Å². The summed E-state index contributed by atoms with van der Waals surface area (Å²) in [6.07, 6.45) is 1.52. The first-order valence-corrected chi connectivity index (χ1v) is 7.88. The Labute approximate surface area is 134 Å². The highest BCUT2D eigenvalue weighted by Crippen LogP contribution is 2.24. The molecule has 0 spiro atoms. The number of aryl methyl sites for hydroxylation is 3. The normalized spacial score (nSPS) is 22.1. The number of nitrogens with one attached hydrogen (secondary N) is 1. The molecule has 1 N–H and O–H groups in total. The second-order valence-corrected chi connectivity index (χ2v) is 6.20. The highest BCUT2D eigenvalue weighted by atomic mass is 19.1. The van der Waals surface area contributed by atoms with Gasteiger partial charge in [-0.15, -0.1) is 5.10 Å². The average Bonchev–Trinajstić information content (AvgIpc) is 3.16. The number of nitrogens with zero attached hydrogens (tertiary/aromatic N) is 5. The molecule has 1 aliphatic rings. The van der Waals surface area contributed by atoms with E-state index in [0.717, 1.165) is 29.3 Å². The van der Waals surface area contributed by atoms with Gasteiger partial charge >= 0.3 is 0 Å². The van der Waals surface area contributed by atoms with Crippen LogP contribution in [0.3, 0.4) is 0 Å². The molecule has 0 radical (unpaired) electrons. The molecule has 2 aromatic heterocycles. The number of hydrogen-bond donors (Lipinski definition) is 1. The molecule has 2 aromatic rings. The zero-order chi connectivity index (χ0) is 16.4. The molecule has 7 nitrogen and oxygen atoms in total. The lowest BCUT2D eigenvalue weighted by Crippen LogP contribution is -2.37. The van der Waals surface area contributed by atoms with E-state index >= 15 is 0 Å². The smallest absolute Gasteiger partial charge is 0.138 e. The number of rotatable bonds is 6. The Bertz CT molecular complexity index is 635. The fraction of sp³-hybridized carbons (Fsp3) is 0.667. The lowest BCUT2D eigenvalue weighted by Gasteiger charge is -2.24. The molecule has 0 unspecified atom stereocenters. The molecule has 2 atom stereocenters. The number of halogens is 1. The monoisotopic (exact) mass is 322 g/mol. The van der Waals surface area contributed by atoms with Crippen LogP contribution in [0, 0.1) is 13.8 Å². The van der Waals surface area contributed by atoms with E-state index < -0.39 is 6.17 Å². The highest BCUT2D eigenvalue weighted by Gasteiger charge is 2.32. The molecule has 1 saturated heterocycles. The SMILES string of the molecule is Cc1noc(C)c1CN1C[C@@H](F)C[C@H]1CNCc1cnnn1C. The Morgan fingerprint density at radius 2 is 2.26 bits per heavy atom. The Hall–Kier alpha value is -1.80. The molecule has 0 amide bonds. The predicted molar refractivity (Wildman–Crippen MR) is 82.4 cm³/mol. The molecule has 126 valence electrons. The van der Waals surface area contributed by atoms with Crippen LogP contribution in [0.15, 0.2) is 10.7 Å². The Balaban J connectivity index is 1.58. The summed E-state index contributed by atoms with van der Waals surface area (Å²) in [6.45, 7) is 6.38. The van der Waals surface area contributed by atoms with Crippen LogP contribution in [0.1, 0.15) is 29.1 Å². The van der Waals surface area contributed by atoms with Gasteiger partial charge in [-0.3, -0.25) is 9.58 Å². The van der Waals surface area contributed by atoms with Crippen molar-refractivity contribution in [3.8, 4) is 0 Å². The van der Waals surface area contributed by atoms with Gasteiger partial charge in [0.1, 0.15) is 11.9 Å². The molecule has 23 heavy (non-hydrogen) atoms. The fourth-order valence-corrected chi connectivity index (χ4v) is 3.10. The van der Waals surface area contributed by atoms with Crippen molar-refractivity contribution in [2.24, 2.45) is 7.05 Å². The average molecular weight is 322 g/mol. The largest absolute Gasteiger partial charge is 0.361 e. The summed E-state index contributed by atoms with van der Waals surface area (Å²) in [7, 11) is 1.86. The van der Waals surface area contributed by atoms with Crippen molar-refractivity contribution < 1.29 is 8.91 Å². The Morgan fingerprint density at radius 3 is 2.91 bits per heavy atom. The van der Waals surface area contributed by atoms with Crippen molar-refractivity contribution in [3.63, 3.8) is 0 Å². The molecular weight excluding hydrogens is 299 g/mol. The van der Waals surface area contributed by atoms with Crippen LogP contribution < -0.4 is 5.32 Å². The van der Waals surface area contributed by atoms with Crippen LogP contribution in [-0.4, -0.2) is 50.4 Å². The summed E-state index contributed by atoms with van der Waals surface area (Å²) in [5.41, 5.74) is 2.97. The van der Waals surface area contributed by atoms with Crippen molar-refractivity contribution in [2.75, 3.05) is 13.1 Å². The fourth-order valence-electron chi connectivity index (χ4n) is 3.10. The van der Waals surface area contributed by atoms with Gasteiger partial charge in [0, 0.05) is 44.8 Å². The third-order valence-electron chi connectivity index (χ3n) is 4.51. The third-order valence-corrected chi connectivity index (χ3v) is 4.51. The molecule has 0 saturated carbocycles. The zero-order valence-electron chi connectivity index (χ0n) is 13.8. The van der Waals surface area contributed by atoms with Gasteiger partial charge in [0.05, 0.1) is 17.6 Å². The number of likely N-dealkylation sites (tertiary alicyclic amines) is 1. The highest BCUT2D eigenvalue weighted by molar-refractivity contribution is 5.21. The number of alkyl halides is 1. The van der Waals surface area contributed by atoms with Crippen molar-refractivity contribution in [3.05, 3.63) is 28.9 Å². The summed E-state index contributed by atoms with van der Waals surface area (Å²) in [5, 5.41) is 15.1. The second-order valence-electron chi connectivity index (χ2n) is 6.20. The first kappa shape index (κ1) is 16.1. The van der Waals surface area contributed by atoms with E-state index in [1.165, 1.54) is 0 Å². The van der Waals surface area contributed by atoms with Crippen LogP contribution in [0.25, 0.3) is 0 Å². The van der Waals surface area contributed by atoms with E-state index in [9.17, 15) is 4.39 Å². The lowest BCUT2D eigenvalue weighted by atomic mass is 10.1. The van der Waals surface area contributed by atoms with Gasteiger partial charge in [-0.05, 0) is 20.3 Å². The van der Waals surface area contributed by atoms with E-state index in [1.54, 1.807) is 10.9 Å². The first-order valence-electron chi connectivity index (χ1n) is 7.88. The van der Waals surface area contributed by atoms with Gasteiger partial charge < -0.3 is 9.84 Å². The van der Waals surface area contributed by atoms with E-state index in [-0.39, 0.29) is 6.04 Å². The Kier molecular flexibility index (Phi) is 4.72. The van der Waals surface area contributed by atoms with Crippen molar-refractivity contribution in [1.29, 1.82) is 0 Å². The second kappa shape index (κ2) is 6.76. The summed E-state index contributed by atoms with van der Waals surface area (Å²) < 4.78 is 20.8. The molecule has 0 aromatic carbocycles. The summed E-state index contributed by atoms with van der Waals surface area (Å²) in [6, 6.07) is 0.167. The Morgan fingerprint density at radius 1 is 1.43 bits per heavy atom. The van der Waals surface area contributed by atoms with Crippen LogP contribution in [0.5, 0.6) is 0 Å². The molecule has 1 fully saturated rings. The number of aromatic nitrogens is 4. The minimum Gasteiger partial charge on any atom is -0.361 e. The van der Waals surface area contributed by atoms with Gasteiger partial charge in [-0.2, -0.15) is 0 Å². The van der Waals surface area contributed by atoms with Crippen molar-refractivity contribution in [1.82, 2.24) is 30.4 Å². The molecule has 3 heterocycles. The van der Waals surface area contributed by atoms with Crippen LogP contribution in [0.2, 0.25) is 0 Å². The standard InChI is InChI=1S/C15H23FN6O/c1-10-15(11(2)23-19-10)9-22-8-12(16)4-13(22)5-17-6-14-7-18-20-21(14)3/h7,12-13,17H,4-6,8-9H2,1-3H3/t12-,13-/m0/s1.